The molecule has 1 aliphatic rings. The van der Waals surface area contributed by atoms with Crippen LogP contribution in [0, 0.1) is 0 Å². The van der Waals surface area contributed by atoms with Crippen LogP contribution in [-0.4, -0.2) is 341 Å². The molecule has 17 N–H and O–H groups in total. The van der Waals surface area contributed by atoms with E-state index in [1.165, 1.54) is 84.1 Å². The van der Waals surface area contributed by atoms with Gasteiger partial charge in [-0.3, -0.25) is 57.7 Å². The highest BCUT2D eigenvalue weighted by Crippen LogP contribution is 2.27. The molecule has 1 saturated carbocycles. The minimum Gasteiger partial charge on any atom is -0.383 e. The maximum Gasteiger partial charge on any atom is 0.243 e. The van der Waals surface area contributed by atoms with E-state index in [1.807, 2.05) is 6.26 Å². The first-order chi connectivity index (χ1) is 48.7. The van der Waals surface area contributed by atoms with E-state index < -0.39 is 127 Å². The predicted molar refractivity (Wildman–Crippen MR) is 384 cm³/mol. The lowest BCUT2D eigenvalue weighted by Crippen LogP contribution is -2.55. The summed E-state index contributed by atoms with van der Waals surface area (Å²) in [5.74, 6) is -7.08. The number of aliphatic imine (C=N–C) groups is 1. The standard InChI is InChI=1S/C64H115N19O17S2/c1-97-34-30-79(40-53(84)74-52(13-12-26-73-64(69)70)63(94)75-51(62(68)93)21-38-101-5)57(88)44-80(31-35-98-2)59(90)46-82(33-37-100-4)60(91)45-81(32-36-99-3)58(89)43-78(29-20-48-14-18-50(19-15-48)102(71,95)96)56(87)42-76(27-10-7-23-66)55(86)41-77(28-11-8-24-67)61(92)47-83(49-16-17-49)54(85)39-72-25-9-6-22-65/h14-15,18-19,49,51-52,72H,6-13,16-17,20-47,65-67H2,1-5H3,(H2,68,93)(H,74,84)(H,75,94)(H4,69,70,73)(H2,71,95,96)/t51-,52-/m0/s1. The van der Waals surface area contributed by atoms with Gasteiger partial charge in [0, 0.05) is 86.8 Å². The zero-order valence-corrected chi connectivity index (χ0v) is 61.9. The number of hydrogen-bond donors (Lipinski definition) is 10. The number of benzene rings is 1. The number of primary sulfonamides is 1. The number of amides is 11. The summed E-state index contributed by atoms with van der Waals surface area (Å²) < 4.78 is 45.6. The number of nitrogens with one attached hydrogen (secondary N) is 3. The van der Waals surface area contributed by atoms with Crippen molar-refractivity contribution in [3.8, 4) is 0 Å². The number of nitrogens with two attached hydrogens (primary N) is 7. The van der Waals surface area contributed by atoms with Gasteiger partial charge in [-0.15, -0.1) is 0 Å². The second-order valence-corrected chi connectivity index (χ2v) is 26.9. The lowest BCUT2D eigenvalue weighted by atomic mass is 10.1. The average molecular weight is 1490 g/mol. The number of hydrogen-bond acceptors (Lipinski definition) is 23. The Morgan fingerprint density at radius 1 is 0.520 bits per heavy atom. The number of carbonyl (C=O) groups excluding carboxylic acids is 11. The first-order valence-corrected chi connectivity index (χ1v) is 37.2. The van der Waals surface area contributed by atoms with Gasteiger partial charge in [0.2, 0.25) is 75.0 Å². The van der Waals surface area contributed by atoms with Crippen LogP contribution in [0.1, 0.15) is 76.2 Å². The van der Waals surface area contributed by atoms with Crippen molar-refractivity contribution in [2.45, 2.75) is 100 Å². The Morgan fingerprint density at radius 3 is 1.32 bits per heavy atom. The lowest BCUT2D eigenvalue weighted by Gasteiger charge is -2.33. The molecule has 0 radical (unpaired) electrons. The van der Waals surface area contributed by atoms with E-state index >= 15 is 0 Å². The summed E-state index contributed by atoms with van der Waals surface area (Å²) in [6.45, 7) is -3.94. The number of sulfonamides is 1. The zero-order valence-electron chi connectivity index (χ0n) is 60.2. The molecule has 38 heteroatoms. The van der Waals surface area contributed by atoms with Crippen LogP contribution in [0.25, 0.3) is 0 Å². The molecule has 36 nitrogen and oxygen atoms in total. The minimum absolute atomic E-state index is 0.00996. The van der Waals surface area contributed by atoms with Gasteiger partial charge in [0.1, 0.15) is 18.6 Å². The van der Waals surface area contributed by atoms with Gasteiger partial charge in [-0.25, -0.2) is 13.6 Å². The molecule has 0 aromatic heterocycles. The SMILES string of the molecule is COCCN(CC(=O)N[C@@H](CCCN=C(N)N)C(=O)N[C@@H](CCSC)C(N)=O)C(=O)CN(CCOC)C(=O)CN(CCOC)C(=O)CN(CCOC)C(=O)CN(CCc1ccc(S(N)(=O)=O)cc1)C(=O)CN(CCCCN)C(=O)CN(CCCCN)C(=O)CN(C(=O)CNCCCCN)C1CC1. The molecule has 0 spiro atoms. The van der Waals surface area contributed by atoms with E-state index in [1.54, 1.807) is 0 Å². The van der Waals surface area contributed by atoms with E-state index in [9.17, 15) is 61.2 Å². The first-order valence-electron chi connectivity index (χ1n) is 34.3. The van der Waals surface area contributed by atoms with Crippen LogP contribution >= 0.6 is 11.8 Å². The van der Waals surface area contributed by atoms with Crippen molar-refractivity contribution in [1.29, 1.82) is 0 Å². The van der Waals surface area contributed by atoms with E-state index in [0.717, 1.165) is 45.3 Å². The number of thioether (sulfide) groups is 1. The van der Waals surface area contributed by atoms with Crippen LogP contribution in [0.4, 0.5) is 0 Å². The number of primary amides is 1. The van der Waals surface area contributed by atoms with E-state index in [4.69, 9.17) is 58.5 Å². The molecule has 0 bridgehead atoms. The van der Waals surface area contributed by atoms with Gasteiger partial charge in [-0.1, -0.05) is 12.1 Å². The summed E-state index contributed by atoms with van der Waals surface area (Å²) in [5.41, 5.74) is 34.4. The molecule has 0 unspecified atom stereocenters. The normalized spacial score (nSPS) is 12.5. The van der Waals surface area contributed by atoms with Crippen molar-refractivity contribution in [3.63, 3.8) is 0 Å². The van der Waals surface area contributed by atoms with Crippen LogP contribution in [0.5, 0.6) is 0 Å². The van der Waals surface area contributed by atoms with Crippen molar-refractivity contribution >= 4 is 92.7 Å². The highest BCUT2D eigenvalue weighted by atomic mass is 32.2. The molecule has 102 heavy (non-hydrogen) atoms. The Hall–Kier alpha value is -7.40. The Kier molecular flexibility index (Phi) is 46.0. The Morgan fingerprint density at radius 2 is 0.931 bits per heavy atom. The first kappa shape index (κ1) is 90.7. The van der Waals surface area contributed by atoms with Gasteiger partial charge in [-0.05, 0) is 133 Å². The molecule has 1 fully saturated rings. The number of unbranched alkanes of at least 4 members (excludes halogenated alkanes) is 3. The van der Waals surface area contributed by atoms with E-state index in [0.29, 0.717) is 56.6 Å². The molecule has 580 valence electrons. The van der Waals surface area contributed by atoms with Gasteiger partial charge in [0.15, 0.2) is 5.96 Å². The summed E-state index contributed by atoms with van der Waals surface area (Å²) in [6.07, 6.45) is 7.06. The Balaban J connectivity index is 2.56. The van der Waals surface area contributed by atoms with E-state index in [-0.39, 0.29) is 147 Å². The molecule has 0 aliphatic heterocycles. The highest BCUT2D eigenvalue weighted by Gasteiger charge is 2.36. The Labute approximate surface area is 604 Å². The van der Waals surface area contributed by atoms with Gasteiger partial charge >= 0.3 is 0 Å². The highest BCUT2D eigenvalue weighted by molar-refractivity contribution is 7.98. The van der Waals surface area contributed by atoms with Crippen LogP contribution in [-0.2, 0) is 88.1 Å². The van der Waals surface area contributed by atoms with Crippen molar-refractivity contribution in [1.82, 2.24) is 55.1 Å². The average Bonchev–Trinajstić information content (AvgIpc) is 1.46. The summed E-state index contributed by atoms with van der Waals surface area (Å²) in [7, 11) is 1.39. The number of methoxy groups -OCH3 is 4. The molecule has 1 aromatic rings. The number of rotatable bonds is 58. The van der Waals surface area contributed by atoms with Gasteiger partial charge < -0.3 is 108 Å². The molecule has 1 aromatic carbocycles. The summed E-state index contributed by atoms with van der Waals surface area (Å²) in [5, 5.41) is 13.7. The van der Waals surface area contributed by atoms with Crippen LogP contribution in [0.15, 0.2) is 34.2 Å². The number of nitrogens with zero attached hydrogens (tertiary/aromatic N) is 9. The van der Waals surface area contributed by atoms with Crippen molar-refractivity contribution < 1.29 is 80.1 Å². The quantitative estimate of drug-likeness (QED) is 0.0165. The largest absolute Gasteiger partial charge is 0.383 e. The molecule has 2 atom stereocenters. The van der Waals surface area contributed by atoms with Gasteiger partial charge in [0.25, 0.3) is 0 Å². The molecule has 0 heterocycles. The second kappa shape index (κ2) is 51.7. The maximum absolute atomic E-state index is 14.9. The number of carbonyl (C=O) groups is 11. The third-order valence-corrected chi connectivity index (χ3v) is 17.8. The number of ether oxygens (including phenoxy) is 4. The van der Waals surface area contributed by atoms with Crippen molar-refractivity contribution in [2.24, 2.45) is 44.5 Å². The van der Waals surface area contributed by atoms with Crippen LogP contribution in [0.2, 0.25) is 0 Å². The van der Waals surface area contributed by atoms with Crippen LogP contribution < -0.4 is 55.5 Å². The Bertz CT molecular complexity index is 2900. The van der Waals surface area contributed by atoms with Crippen molar-refractivity contribution in [2.75, 3.05) is 204 Å². The third-order valence-electron chi connectivity index (χ3n) is 16.3. The molecule has 2 rings (SSSR count). The topological polar surface area (TPSA) is 515 Å². The van der Waals surface area contributed by atoms with Crippen LogP contribution in [0.3, 0.4) is 0 Å². The monoisotopic (exact) mass is 1490 g/mol. The van der Waals surface area contributed by atoms with Crippen molar-refractivity contribution in [3.05, 3.63) is 29.8 Å². The number of guanidine groups is 1. The van der Waals surface area contributed by atoms with E-state index in [2.05, 4.69) is 20.9 Å². The fourth-order valence-corrected chi connectivity index (χ4v) is 11.1. The third kappa shape index (κ3) is 37.2. The van der Waals surface area contributed by atoms with Gasteiger partial charge in [0.05, 0.1) is 83.7 Å². The minimum atomic E-state index is -4.08. The summed E-state index contributed by atoms with van der Waals surface area (Å²) in [6, 6.07) is 3.13. The zero-order chi connectivity index (χ0) is 76.0. The molecular formula is C64H115N19O17S2. The summed E-state index contributed by atoms with van der Waals surface area (Å²) in [4.78, 5) is 169. The lowest BCUT2D eigenvalue weighted by molar-refractivity contribution is -0.149. The maximum atomic E-state index is 14.9. The molecular weight excluding hydrogens is 1370 g/mol. The fraction of sp³-hybridized carbons (Fsp3) is 0.719. The molecule has 1 aliphatic carbocycles. The molecule has 11 amide bonds. The molecule has 0 saturated heterocycles. The smallest absolute Gasteiger partial charge is 0.243 e. The predicted octanol–water partition coefficient (Wildman–Crippen LogP) is -5.68. The van der Waals surface area contributed by atoms with Gasteiger partial charge in [-0.2, -0.15) is 11.8 Å². The second-order valence-electron chi connectivity index (χ2n) is 24.3. The summed E-state index contributed by atoms with van der Waals surface area (Å²) >= 11 is 1.43. The fourth-order valence-electron chi connectivity index (χ4n) is 10.2.